The van der Waals surface area contributed by atoms with Gasteiger partial charge < -0.3 is 5.32 Å². The minimum Gasteiger partial charge on any atom is -0.352 e. The van der Waals surface area contributed by atoms with Gasteiger partial charge in [0.25, 0.3) is 0 Å². The molecular weight excluding hydrogens is 150 g/mol. The van der Waals surface area contributed by atoms with E-state index in [9.17, 15) is 4.79 Å². The van der Waals surface area contributed by atoms with Crippen molar-refractivity contribution in [2.75, 3.05) is 0 Å². The molecule has 0 aromatic carbocycles. The molecule has 0 radical (unpaired) electrons. The standard InChI is InChI=1S/C7H14ClNO/c1-4-5(2)9-7(10)6(3)8/h5-6H,4H2,1-3H3,(H,9,10)/t5-,6-/m0/s1. The quantitative estimate of drug-likeness (QED) is 0.629. The molecule has 0 bridgehead atoms. The highest BCUT2D eigenvalue weighted by molar-refractivity contribution is 6.30. The fourth-order valence-corrected chi connectivity index (χ4v) is 0.523. The van der Waals surface area contributed by atoms with E-state index in [2.05, 4.69) is 5.32 Å². The van der Waals surface area contributed by atoms with Crippen LogP contribution in [0.5, 0.6) is 0 Å². The minimum absolute atomic E-state index is 0.0870. The van der Waals surface area contributed by atoms with Crippen LogP contribution >= 0.6 is 11.6 Å². The Labute approximate surface area is 66.9 Å². The summed E-state index contributed by atoms with van der Waals surface area (Å²) in [5, 5.41) is 2.34. The van der Waals surface area contributed by atoms with E-state index >= 15 is 0 Å². The fourth-order valence-electron chi connectivity index (χ4n) is 0.460. The molecule has 0 rings (SSSR count). The summed E-state index contributed by atoms with van der Waals surface area (Å²) in [7, 11) is 0. The van der Waals surface area contributed by atoms with Crippen molar-refractivity contribution in [1.29, 1.82) is 0 Å². The molecule has 0 aliphatic rings. The number of nitrogens with one attached hydrogen (secondary N) is 1. The fraction of sp³-hybridized carbons (Fsp3) is 0.857. The average molecular weight is 164 g/mol. The largest absolute Gasteiger partial charge is 0.352 e. The molecule has 0 saturated carbocycles. The topological polar surface area (TPSA) is 29.1 Å². The van der Waals surface area contributed by atoms with E-state index in [0.29, 0.717) is 0 Å². The summed E-state index contributed by atoms with van der Waals surface area (Å²) in [5.41, 5.74) is 0. The zero-order valence-electron chi connectivity index (χ0n) is 6.65. The van der Waals surface area contributed by atoms with E-state index in [1.165, 1.54) is 0 Å². The molecule has 0 aliphatic heterocycles. The predicted octanol–water partition coefficient (Wildman–Crippen LogP) is 1.53. The molecule has 60 valence electrons. The number of hydrogen-bond acceptors (Lipinski definition) is 1. The molecule has 1 N–H and O–H groups in total. The predicted molar refractivity (Wildman–Crippen MR) is 43.2 cm³/mol. The third-order valence-corrected chi connectivity index (χ3v) is 1.56. The van der Waals surface area contributed by atoms with Crippen LogP contribution in [0.3, 0.4) is 0 Å². The van der Waals surface area contributed by atoms with Gasteiger partial charge in [0.05, 0.1) is 0 Å². The second-order valence-electron chi connectivity index (χ2n) is 2.43. The average Bonchev–Trinajstić information content (AvgIpc) is 1.87. The zero-order chi connectivity index (χ0) is 8.15. The van der Waals surface area contributed by atoms with Gasteiger partial charge in [0.15, 0.2) is 0 Å². The van der Waals surface area contributed by atoms with Gasteiger partial charge in [-0.3, -0.25) is 4.79 Å². The minimum atomic E-state index is -0.422. The Morgan fingerprint density at radius 2 is 2.10 bits per heavy atom. The monoisotopic (exact) mass is 163 g/mol. The van der Waals surface area contributed by atoms with Crippen LogP contribution in [-0.4, -0.2) is 17.3 Å². The number of halogens is 1. The normalized spacial score (nSPS) is 16.0. The van der Waals surface area contributed by atoms with E-state index in [4.69, 9.17) is 11.6 Å². The number of amides is 1. The van der Waals surface area contributed by atoms with Gasteiger partial charge in [0.2, 0.25) is 5.91 Å². The highest BCUT2D eigenvalue weighted by atomic mass is 35.5. The second kappa shape index (κ2) is 4.56. The van der Waals surface area contributed by atoms with Gasteiger partial charge in [0, 0.05) is 6.04 Å². The summed E-state index contributed by atoms with van der Waals surface area (Å²) in [5.74, 6) is -0.0870. The van der Waals surface area contributed by atoms with E-state index in [1.54, 1.807) is 6.92 Å². The maximum absolute atomic E-state index is 10.9. The first-order valence-corrected chi connectivity index (χ1v) is 3.96. The van der Waals surface area contributed by atoms with Gasteiger partial charge in [-0.05, 0) is 20.3 Å². The van der Waals surface area contributed by atoms with E-state index < -0.39 is 5.38 Å². The summed E-state index contributed by atoms with van der Waals surface area (Å²) < 4.78 is 0. The van der Waals surface area contributed by atoms with Crippen LogP contribution < -0.4 is 5.32 Å². The number of carbonyl (C=O) groups is 1. The van der Waals surface area contributed by atoms with Crippen LogP contribution in [0.2, 0.25) is 0 Å². The molecular formula is C7H14ClNO. The molecule has 0 spiro atoms. The molecule has 0 unspecified atom stereocenters. The van der Waals surface area contributed by atoms with Gasteiger partial charge in [-0.1, -0.05) is 6.92 Å². The van der Waals surface area contributed by atoms with Crippen molar-refractivity contribution in [1.82, 2.24) is 5.32 Å². The lowest BCUT2D eigenvalue weighted by molar-refractivity contribution is -0.121. The lowest BCUT2D eigenvalue weighted by atomic mass is 10.2. The number of carbonyl (C=O) groups excluding carboxylic acids is 1. The van der Waals surface area contributed by atoms with Crippen LogP contribution in [0.4, 0.5) is 0 Å². The van der Waals surface area contributed by atoms with Crippen LogP contribution in [0.1, 0.15) is 27.2 Å². The van der Waals surface area contributed by atoms with Crippen LogP contribution in [0.25, 0.3) is 0 Å². The second-order valence-corrected chi connectivity index (χ2v) is 3.09. The molecule has 10 heavy (non-hydrogen) atoms. The van der Waals surface area contributed by atoms with E-state index in [1.807, 2.05) is 13.8 Å². The Hall–Kier alpha value is -0.240. The lowest BCUT2D eigenvalue weighted by Crippen LogP contribution is -2.36. The summed E-state index contributed by atoms with van der Waals surface area (Å²) in [6, 6.07) is 0.230. The highest BCUT2D eigenvalue weighted by Gasteiger charge is 2.10. The van der Waals surface area contributed by atoms with Gasteiger partial charge in [0.1, 0.15) is 5.38 Å². The Morgan fingerprint density at radius 3 is 2.40 bits per heavy atom. The van der Waals surface area contributed by atoms with Crippen LogP contribution in [0.15, 0.2) is 0 Å². The van der Waals surface area contributed by atoms with Crippen molar-refractivity contribution in [3.05, 3.63) is 0 Å². The SMILES string of the molecule is CC[C@H](C)NC(=O)[C@H](C)Cl. The molecule has 0 aliphatic carbocycles. The summed E-state index contributed by atoms with van der Waals surface area (Å²) >= 11 is 5.52. The first-order valence-electron chi connectivity index (χ1n) is 3.52. The number of rotatable bonds is 3. The Bertz CT molecular complexity index is 114. The molecule has 0 heterocycles. The maximum atomic E-state index is 10.9. The Kier molecular flexibility index (Phi) is 4.45. The van der Waals surface area contributed by atoms with Gasteiger partial charge >= 0.3 is 0 Å². The van der Waals surface area contributed by atoms with Crippen molar-refractivity contribution in [3.63, 3.8) is 0 Å². The van der Waals surface area contributed by atoms with Gasteiger partial charge in [-0.2, -0.15) is 0 Å². The number of alkyl halides is 1. The van der Waals surface area contributed by atoms with Crippen molar-refractivity contribution >= 4 is 17.5 Å². The zero-order valence-corrected chi connectivity index (χ0v) is 7.40. The molecule has 3 heteroatoms. The third-order valence-electron chi connectivity index (χ3n) is 1.36. The van der Waals surface area contributed by atoms with Crippen molar-refractivity contribution in [2.45, 2.75) is 38.6 Å². The molecule has 2 nitrogen and oxygen atoms in total. The van der Waals surface area contributed by atoms with Crippen molar-refractivity contribution < 1.29 is 4.79 Å². The first kappa shape index (κ1) is 9.76. The highest BCUT2D eigenvalue weighted by Crippen LogP contribution is 1.95. The summed E-state index contributed by atoms with van der Waals surface area (Å²) in [6.07, 6.45) is 0.940. The maximum Gasteiger partial charge on any atom is 0.237 e. The Morgan fingerprint density at radius 1 is 1.60 bits per heavy atom. The molecule has 2 atom stereocenters. The van der Waals surface area contributed by atoms with Gasteiger partial charge in [-0.15, -0.1) is 11.6 Å². The van der Waals surface area contributed by atoms with Crippen LogP contribution in [0, 0.1) is 0 Å². The lowest BCUT2D eigenvalue weighted by Gasteiger charge is -2.11. The molecule has 0 aromatic heterocycles. The van der Waals surface area contributed by atoms with E-state index in [0.717, 1.165) is 6.42 Å². The van der Waals surface area contributed by atoms with Crippen molar-refractivity contribution in [2.24, 2.45) is 0 Å². The Balaban J connectivity index is 3.57. The summed E-state index contributed by atoms with van der Waals surface area (Å²) in [6.45, 7) is 5.64. The summed E-state index contributed by atoms with van der Waals surface area (Å²) in [4.78, 5) is 10.9. The first-order chi connectivity index (χ1) is 4.57. The van der Waals surface area contributed by atoms with Gasteiger partial charge in [-0.25, -0.2) is 0 Å². The van der Waals surface area contributed by atoms with Crippen LogP contribution in [-0.2, 0) is 4.79 Å². The molecule has 1 amide bonds. The number of hydrogen-bond donors (Lipinski definition) is 1. The molecule has 0 fully saturated rings. The smallest absolute Gasteiger partial charge is 0.237 e. The van der Waals surface area contributed by atoms with Crippen molar-refractivity contribution in [3.8, 4) is 0 Å². The third kappa shape index (κ3) is 3.72. The van der Waals surface area contributed by atoms with E-state index in [-0.39, 0.29) is 11.9 Å². The molecule has 0 saturated heterocycles. The molecule has 0 aromatic rings.